The van der Waals surface area contributed by atoms with Crippen LogP contribution in [0, 0.1) is 6.92 Å². The molecule has 2 N–H and O–H groups in total. The Kier molecular flexibility index (Phi) is 4.78. The van der Waals surface area contributed by atoms with E-state index in [4.69, 9.17) is 5.11 Å². The molecule has 0 aromatic carbocycles. The van der Waals surface area contributed by atoms with E-state index in [9.17, 15) is 4.79 Å². The average molecular weight is 227 g/mol. The van der Waals surface area contributed by atoms with Crippen LogP contribution in [0.4, 0.5) is 0 Å². The largest absolute Gasteiger partial charge is 0.396 e. The van der Waals surface area contributed by atoms with Gasteiger partial charge in [-0.05, 0) is 32.4 Å². The minimum atomic E-state index is 0.00241. The normalized spacial score (nSPS) is 12.5. The smallest absolute Gasteiger partial charge is 0.220 e. The molecule has 1 rings (SSSR count). The van der Waals surface area contributed by atoms with Crippen molar-refractivity contribution in [2.45, 2.75) is 32.7 Å². The zero-order valence-corrected chi connectivity index (χ0v) is 9.93. The molecule has 1 amide bonds. The van der Waals surface area contributed by atoms with Crippen LogP contribution in [-0.2, 0) is 4.79 Å². The van der Waals surface area contributed by atoms with E-state index in [0.29, 0.717) is 12.8 Å². The average Bonchev–Trinajstić information content (AvgIpc) is 2.61. The number of aliphatic hydroxyl groups is 1. The molecule has 0 aliphatic heterocycles. The first-order valence-electron chi connectivity index (χ1n) is 5.10. The van der Waals surface area contributed by atoms with Gasteiger partial charge in [-0.2, -0.15) is 0 Å². The van der Waals surface area contributed by atoms with E-state index in [1.807, 2.05) is 13.0 Å². The third-order valence-corrected chi connectivity index (χ3v) is 3.31. The molecule has 0 fully saturated rings. The second-order valence-corrected chi connectivity index (χ2v) is 4.88. The lowest BCUT2D eigenvalue weighted by atomic mass is 10.2. The van der Waals surface area contributed by atoms with Gasteiger partial charge >= 0.3 is 0 Å². The summed E-state index contributed by atoms with van der Waals surface area (Å²) in [6, 6.07) is 4.16. The van der Waals surface area contributed by atoms with E-state index in [1.165, 1.54) is 9.75 Å². The number of hydrogen-bond donors (Lipinski definition) is 2. The van der Waals surface area contributed by atoms with Crippen molar-refractivity contribution in [2.75, 3.05) is 6.61 Å². The summed E-state index contributed by atoms with van der Waals surface area (Å²) in [5.74, 6) is 0.00241. The lowest BCUT2D eigenvalue weighted by molar-refractivity contribution is -0.122. The second-order valence-electron chi connectivity index (χ2n) is 3.56. The van der Waals surface area contributed by atoms with Gasteiger partial charge in [0.1, 0.15) is 0 Å². The Morgan fingerprint density at radius 3 is 2.87 bits per heavy atom. The van der Waals surface area contributed by atoms with Crippen LogP contribution in [0.25, 0.3) is 0 Å². The van der Waals surface area contributed by atoms with Crippen molar-refractivity contribution in [2.24, 2.45) is 0 Å². The SMILES string of the molecule is Cc1ccc(C(C)NC(=O)CCCO)s1. The molecular formula is C11H17NO2S. The molecule has 4 heteroatoms. The molecule has 1 aromatic rings. The molecule has 0 spiro atoms. The number of rotatable bonds is 5. The number of aliphatic hydroxyl groups excluding tert-OH is 1. The van der Waals surface area contributed by atoms with Crippen molar-refractivity contribution in [3.05, 3.63) is 21.9 Å². The predicted molar refractivity (Wildman–Crippen MR) is 61.9 cm³/mol. The first-order chi connectivity index (χ1) is 7.13. The maximum Gasteiger partial charge on any atom is 0.220 e. The topological polar surface area (TPSA) is 49.3 Å². The molecular weight excluding hydrogens is 210 g/mol. The summed E-state index contributed by atoms with van der Waals surface area (Å²) in [6.45, 7) is 4.09. The third-order valence-electron chi connectivity index (χ3n) is 2.13. The number of hydrogen-bond acceptors (Lipinski definition) is 3. The van der Waals surface area contributed by atoms with Crippen LogP contribution in [0.2, 0.25) is 0 Å². The molecule has 1 heterocycles. The minimum absolute atomic E-state index is 0.00241. The Morgan fingerprint density at radius 1 is 1.60 bits per heavy atom. The fourth-order valence-corrected chi connectivity index (χ4v) is 2.19. The Bertz CT molecular complexity index is 322. The molecule has 1 unspecified atom stereocenters. The molecule has 0 radical (unpaired) electrons. The number of carbonyl (C=O) groups excluding carboxylic acids is 1. The van der Waals surface area contributed by atoms with Crippen molar-refractivity contribution < 1.29 is 9.90 Å². The Balaban J connectivity index is 2.41. The van der Waals surface area contributed by atoms with Crippen LogP contribution in [0.15, 0.2) is 12.1 Å². The van der Waals surface area contributed by atoms with Crippen LogP contribution in [0.3, 0.4) is 0 Å². The number of nitrogens with one attached hydrogen (secondary N) is 1. The highest BCUT2D eigenvalue weighted by Gasteiger charge is 2.10. The summed E-state index contributed by atoms with van der Waals surface area (Å²) in [7, 11) is 0. The molecule has 0 saturated carbocycles. The van der Waals surface area contributed by atoms with Gasteiger partial charge in [0.25, 0.3) is 0 Å². The van der Waals surface area contributed by atoms with E-state index in [0.717, 1.165) is 0 Å². The van der Waals surface area contributed by atoms with E-state index >= 15 is 0 Å². The second kappa shape index (κ2) is 5.88. The van der Waals surface area contributed by atoms with E-state index in [1.54, 1.807) is 11.3 Å². The quantitative estimate of drug-likeness (QED) is 0.808. The highest BCUT2D eigenvalue weighted by molar-refractivity contribution is 7.12. The molecule has 0 aliphatic carbocycles. The molecule has 0 aliphatic rings. The summed E-state index contributed by atoms with van der Waals surface area (Å²) < 4.78 is 0. The summed E-state index contributed by atoms with van der Waals surface area (Å²) >= 11 is 1.70. The van der Waals surface area contributed by atoms with Crippen molar-refractivity contribution in [3.63, 3.8) is 0 Å². The monoisotopic (exact) mass is 227 g/mol. The zero-order valence-electron chi connectivity index (χ0n) is 9.12. The lowest BCUT2D eigenvalue weighted by Gasteiger charge is -2.11. The van der Waals surface area contributed by atoms with Gasteiger partial charge in [0.2, 0.25) is 5.91 Å². The van der Waals surface area contributed by atoms with Crippen molar-refractivity contribution in [1.82, 2.24) is 5.32 Å². The van der Waals surface area contributed by atoms with Gasteiger partial charge in [-0.15, -0.1) is 11.3 Å². The maximum atomic E-state index is 11.4. The Hall–Kier alpha value is -0.870. The lowest BCUT2D eigenvalue weighted by Crippen LogP contribution is -2.25. The van der Waals surface area contributed by atoms with Gasteiger partial charge in [-0.1, -0.05) is 0 Å². The summed E-state index contributed by atoms with van der Waals surface area (Å²) in [6.07, 6.45) is 0.924. The molecule has 15 heavy (non-hydrogen) atoms. The summed E-state index contributed by atoms with van der Waals surface area (Å²) in [5, 5.41) is 11.5. The van der Waals surface area contributed by atoms with Gasteiger partial charge in [-0.25, -0.2) is 0 Å². The van der Waals surface area contributed by atoms with E-state index in [2.05, 4.69) is 18.3 Å². The van der Waals surface area contributed by atoms with Crippen LogP contribution >= 0.6 is 11.3 Å². The molecule has 84 valence electrons. The van der Waals surface area contributed by atoms with Gasteiger partial charge in [0, 0.05) is 22.8 Å². The highest BCUT2D eigenvalue weighted by atomic mass is 32.1. The fourth-order valence-electron chi connectivity index (χ4n) is 1.31. The maximum absolute atomic E-state index is 11.4. The Labute approximate surface area is 94.1 Å². The Morgan fingerprint density at radius 2 is 2.33 bits per heavy atom. The number of amides is 1. The molecule has 0 saturated heterocycles. The summed E-state index contributed by atoms with van der Waals surface area (Å²) in [4.78, 5) is 13.8. The van der Waals surface area contributed by atoms with Crippen LogP contribution < -0.4 is 5.32 Å². The number of aryl methyl sites for hydroxylation is 1. The molecule has 3 nitrogen and oxygen atoms in total. The van der Waals surface area contributed by atoms with Gasteiger partial charge in [0.15, 0.2) is 0 Å². The van der Waals surface area contributed by atoms with Crippen molar-refractivity contribution in [1.29, 1.82) is 0 Å². The summed E-state index contributed by atoms with van der Waals surface area (Å²) in [5.41, 5.74) is 0. The van der Waals surface area contributed by atoms with Crippen molar-refractivity contribution >= 4 is 17.2 Å². The van der Waals surface area contributed by atoms with Crippen molar-refractivity contribution in [3.8, 4) is 0 Å². The first kappa shape index (κ1) is 12.2. The van der Waals surface area contributed by atoms with E-state index in [-0.39, 0.29) is 18.6 Å². The number of thiophene rings is 1. The van der Waals surface area contributed by atoms with Crippen LogP contribution in [0.5, 0.6) is 0 Å². The zero-order chi connectivity index (χ0) is 11.3. The van der Waals surface area contributed by atoms with Crippen LogP contribution in [0.1, 0.15) is 35.6 Å². The standard InChI is InChI=1S/C11H17NO2S/c1-8-5-6-10(15-8)9(2)12-11(14)4-3-7-13/h5-6,9,13H,3-4,7H2,1-2H3,(H,12,14). The van der Waals surface area contributed by atoms with Gasteiger partial charge in [-0.3, -0.25) is 4.79 Å². The van der Waals surface area contributed by atoms with Crippen LogP contribution in [-0.4, -0.2) is 17.6 Å². The van der Waals surface area contributed by atoms with Gasteiger partial charge < -0.3 is 10.4 Å². The van der Waals surface area contributed by atoms with E-state index < -0.39 is 0 Å². The van der Waals surface area contributed by atoms with Gasteiger partial charge in [0.05, 0.1) is 6.04 Å². The first-order valence-corrected chi connectivity index (χ1v) is 5.91. The minimum Gasteiger partial charge on any atom is -0.396 e. The number of carbonyl (C=O) groups is 1. The molecule has 1 aromatic heterocycles. The highest BCUT2D eigenvalue weighted by Crippen LogP contribution is 2.22. The predicted octanol–water partition coefficient (Wildman–Crippen LogP) is 2.01. The molecule has 1 atom stereocenters. The fraction of sp³-hybridized carbons (Fsp3) is 0.545. The molecule has 0 bridgehead atoms. The third kappa shape index (κ3) is 4.01.